The molecule has 6 nitrogen and oxygen atoms in total. The van der Waals surface area contributed by atoms with E-state index in [9.17, 15) is 9.59 Å². The van der Waals surface area contributed by atoms with Crippen LogP contribution in [0.15, 0.2) is 42.5 Å². The smallest absolute Gasteiger partial charge is 0.252 e. The number of amides is 2. The van der Waals surface area contributed by atoms with E-state index in [-0.39, 0.29) is 17.2 Å². The molecule has 0 spiro atoms. The Morgan fingerprint density at radius 1 is 1.10 bits per heavy atom. The van der Waals surface area contributed by atoms with Crippen molar-refractivity contribution in [3.8, 4) is 11.5 Å². The number of nitrogens with one attached hydrogen (secondary N) is 1. The Hall–Kier alpha value is -3.02. The van der Waals surface area contributed by atoms with Crippen molar-refractivity contribution < 1.29 is 14.3 Å². The van der Waals surface area contributed by atoms with Gasteiger partial charge in [-0.25, -0.2) is 0 Å². The molecule has 2 rings (SSSR count). The fourth-order valence-corrected chi connectivity index (χ4v) is 1.80. The van der Waals surface area contributed by atoms with Crippen LogP contribution in [0.4, 0.5) is 11.4 Å². The first kappa shape index (κ1) is 14.4. The third-order valence-corrected chi connectivity index (χ3v) is 2.69. The number of hydrogen-bond acceptors (Lipinski definition) is 4. The predicted molar refractivity (Wildman–Crippen MR) is 80.2 cm³/mol. The minimum absolute atomic E-state index is 0.174. The molecule has 0 aliphatic carbocycles. The summed E-state index contributed by atoms with van der Waals surface area (Å²) >= 11 is 0. The maximum absolute atomic E-state index is 11.4. The van der Waals surface area contributed by atoms with Crippen LogP contribution in [0.3, 0.4) is 0 Å². The van der Waals surface area contributed by atoms with Crippen LogP contribution >= 0.6 is 0 Å². The second kappa shape index (κ2) is 5.96. The van der Waals surface area contributed by atoms with E-state index in [4.69, 9.17) is 16.2 Å². The number of para-hydroxylation sites is 2. The van der Waals surface area contributed by atoms with Gasteiger partial charge in [0, 0.05) is 12.6 Å². The van der Waals surface area contributed by atoms with Crippen molar-refractivity contribution in [1.82, 2.24) is 0 Å². The molecule has 2 aromatic rings. The Balaban J connectivity index is 2.39. The summed E-state index contributed by atoms with van der Waals surface area (Å²) in [6.07, 6.45) is 0. The SMILES string of the molecule is CC(=O)Nc1ccccc1Oc1ccc(N)cc1C(N)=O. The molecule has 2 amide bonds. The fourth-order valence-electron chi connectivity index (χ4n) is 1.80. The maximum atomic E-state index is 11.4. The number of carbonyl (C=O) groups excluding carboxylic acids is 2. The zero-order valence-electron chi connectivity index (χ0n) is 11.4. The average molecular weight is 285 g/mol. The number of nitrogen functional groups attached to an aromatic ring is 1. The highest BCUT2D eigenvalue weighted by atomic mass is 16.5. The number of hydrogen-bond donors (Lipinski definition) is 3. The Bertz CT molecular complexity index is 698. The average Bonchev–Trinajstić information content (AvgIpc) is 2.42. The summed E-state index contributed by atoms with van der Waals surface area (Å²) in [4.78, 5) is 22.6. The third-order valence-electron chi connectivity index (χ3n) is 2.69. The van der Waals surface area contributed by atoms with Crippen molar-refractivity contribution in [2.45, 2.75) is 6.92 Å². The quantitative estimate of drug-likeness (QED) is 0.748. The molecule has 0 heterocycles. The molecule has 108 valence electrons. The van der Waals surface area contributed by atoms with E-state index in [1.807, 2.05) is 0 Å². The molecule has 0 bridgehead atoms. The number of primary amides is 1. The second-order valence-corrected chi connectivity index (χ2v) is 4.40. The van der Waals surface area contributed by atoms with Gasteiger partial charge in [0.05, 0.1) is 11.3 Å². The van der Waals surface area contributed by atoms with E-state index >= 15 is 0 Å². The molecule has 0 saturated heterocycles. The van der Waals surface area contributed by atoms with E-state index in [1.54, 1.807) is 36.4 Å². The van der Waals surface area contributed by atoms with Gasteiger partial charge in [0.2, 0.25) is 5.91 Å². The lowest BCUT2D eigenvalue weighted by Crippen LogP contribution is -2.13. The van der Waals surface area contributed by atoms with Crippen LogP contribution in [-0.2, 0) is 4.79 Å². The lowest BCUT2D eigenvalue weighted by atomic mass is 10.1. The highest BCUT2D eigenvalue weighted by molar-refractivity contribution is 5.97. The van der Waals surface area contributed by atoms with Crippen molar-refractivity contribution in [1.29, 1.82) is 0 Å². The van der Waals surface area contributed by atoms with Gasteiger partial charge in [0.1, 0.15) is 5.75 Å². The third kappa shape index (κ3) is 3.50. The normalized spacial score (nSPS) is 9.95. The summed E-state index contributed by atoms with van der Waals surface area (Å²) in [6, 6.07) is 11.5. The summed E-state index contributed by atoms with van der Waals surface area (Å²) in [5.41, 5.74) is 12.0. The van der Waals surface area contributed by atoms with Crippen LogP contribution in [0.5, 0.6) is 11.5 Å². The number of anilines is 2. The van der Waals surface area contributed by atoms with Gasteiger partial charge < -0.3 is 21.5 Å². The molecule has 2 aromatic carbocycles. The van der Waals surface area contributed by atoms with E-state index in [2.05, 4.69) is 5.32 Å². The Morgan fingerprint density at radius 3 is 2.48 bits per heavy atom. The summed E-state index contributed by atoms with van der Waals surface area (Å²) < 4.78 is 5.69. The molecule has 0 aromatic heterocycles. The molecule has 0 saturated carbocycles. The molecule has 0 fully saturated rings. The molecule has 0 aliphatic rings. The first-order chi connectivity index (χ1) is 9.97. The van der Waals surface area contributed by atoms with Gasteiger partial charge in [-0.1, -0.05) is 12.1 Å². The van der Waals surface area contributed by atoms with Crippen LogP contribution in [0.2, 0.25) is 0 Å². The molecule has 0 radical (unpaired) electrons. The largest absolute Gasteiger partial charge is 0.454 e. The Morgan fingerprint density at radius 2 is 1.81 bits per heavy atom. The molecule has 0 unspecified atom stereocenters. The van der Waals surface area contributed by atoms with E-state index in [1.165, 1.54) is 13.0 Å². The van der Waals surface area contributed by atoms with Gasteiger partial charge in [0.25, 0.3) is 5.91 Å². The Labute approximate surface area is 121 Å². The van der Waals surface area contributed by atoms with Gasteiger partial charge in [-0.15, -0.1) is 0 Å². The number of rotatable bonds is 4. The van der Waals surface area contributed by atoms with Gasteiger partial charge in [-0.2, -0.15) is 0 Å². The first-order valence-electron chi connectivity index (χ1n) is 6.21. The highest BCUT2D eigenvalue weighted by Crippen LogP contribution is 2.32. The number of benzene rings is 2. The molecule has 21 heavy (non-hydrogen) atoms. The lowest BCUT2D eigenvalue weighted by molar-refractivity contribution is -0.114. The topological polar surface area (TPSA) is 107 Å². The first-order valence-corrected chi connectivity index (χ1v) is 6.21. The molecule has 0 aliphatic heterocycles. The highest BCUT2D eigenvalue weighted by Gasteiger charge is 2.13. The van der Waals surface area contributed by atoms with Gasteiger partial charge in [-0.3, -0.25) is 9.59 Å². The minimum Gasteiger partial charge on any atom is -0.454 e. The van der Waals surface area contributed by atoms with Crippen LogP contribution in [0.1, 0.15) is 17.3 Å². The van der Waals surface area contributed by atoms with Crippen molar-refractivity contribution >= 4 is 23.2 Å². The summed E-state index contributed by atoms with van der Waals surface area (Å²) in [5, 5.41) is 2.65. The van der Waals surface area contributed by atoms with Crippen molar-refractivity contribution in [2.75, 3.05) is 11.1 Å². The predicted octanol–water partition coefficient (Wildman–Crippen LogP) is 2.12. The van der Waals surface area contributed by atoms with Gasteiger partial charge >= 0.3 is 0 Å². The standard InChI is InChI=1S/C15H15N3O3/c1-9(19)18-12-4-2-3-5-14(12)21-13-7-6-10(16)8-11(13)15(17)20/h2-8H,16H2,1H3,(H2,17,20)(H,18,19). The van der Waals surface area contributed by atoms with Gasteiger partial charge in [0.15, 0.2) is 5.75 Å². The Kier molecular flexibility index (Phi) is 4.08. The fraction of sp³-hybridized carbons (Fsp3) is 0.0667. The molecular weight excluding hydrogens is 270 g/mol. The monoisotopic (exact) mass is 285 g/mol. The lowest BCUT2D eigenvalue weighted by Gasteiger charge is -2.13. The number of ether oxygens (including phenoxy) is 1. The van der Waals surface area contributed by atoms with Crippen LogP contribution < -0.4 is 21.5 Å². The van der Waals surface area contributed by atoms with Crippen LogP contribution in [-0.4, -0.2) is 11.8 Å². The second-order valence-electron chi connectivity index (χ2n) is 4.40. The van der Waals surface area contributed by atoms with E-state index < -0.39 is 5.91 Å². The summed E-state index contributed by atoms with van der Waals surface area (Å²) in [7, 11) is 0. The van der Waals surface area contributed by atoms with E-state index in [0.29, 0.717) is 17.1 Å². The molecule has 0 atom stereocenters. The van der Waals surface area contributed by atoms with E-state index in [0.717, 1.165) is 0 Å². The number of carbonyl (C=O) groups is 2. The summed E-state index contributed by atoms with van der Waals surface area (Å²) in [5.74, 6) is -0.192. The number of nitrogens with two attached hydrogens (primary N) is 2. The van der Waals surface area contributed by atoms with Crippen LogP contribution in [0.25, 0.3) is 0 Å². The van der Waals surface area contributed by atoms with Crippen LogP contribution in [0, 0.1) is 0 Å². The summed E-state index contributed by atoms with van der Waals surface area (Å²) in [6.45, 7) is 1.40. The molecule has 6 heteroatoms. The van der Waals surface area contributed by atoms with Crippen molar-refractivity contribution in [2.24, 2.45) is 5.73 Å². The van der Waals surface area contributed by atoms with Crippen molar-refractivity contribution in [3.63, 3.8) is 0 Å². The minimum atomic E-state index is -0.644. The zero-order valence-corrected chi connectivity index (χ0v) is 11.4. The zero-order chi connectivity index (χ0) is 15.4. The maximum Gasteiger partial charge on any atom is 0.252 e. The van der Waals surface area contributed by atoms with Crippen molar-refractivity contribution in [3.05, 3.63) is 48.0 Å². The molecule has 5 N–H and O–H groups in total. The van der Waals surface area contributed by atoms with Gasteiger partial charge in [-0.05, 0) is 30.3 Å². The molecular formula is C15H15N3O3.